The lowest BCUT2D eigenvalue weighted by molar-refractivity contribution is -0.117. The first-order valence-corrected chi connectivity index (χ1v) is 10.5. The SMILES string of the molecule is C=CC(=O)NCc1ncc(-c2ccc([C@H](C)C(=O)Nc3cc(C4CC4)[nH]n3)cc2)cc1F. The Balaban J connectivity index is 1.40. The second kappa shape index (κ2) is 9.13. The fourth-order valence-electron chi connectivity index (χ4n) is 3.35. The fourth-order valence-corrected chi connectivity index (χ4v) is 3.35. The van der Waals surface area contributed by atoms with Gasteiger partial charge in [0.15, 0.2) is 5.82 Å². The third kappa shape index (κ3) is 4.91. The zero-order chi connectivity index (χ0) is 22.7. The number of aromatic nitrogens is 3. The maximum atomic E-state index is 14.4. The van der Waals surface area contributed by atoms with Crippen LogP contribution in [0.4, 0.5) is 10.2 Å². The van der Waals surface area contributed by atoms with Crippen LogP contribution in [0.25, 0.3) is 11.1 Å². The molecule has 2 heterocycles. The lowest BCUT2D eigenvalue weighted by Gasteiger charge is -2.12. The number of rotatable bonds is 8. The third-order valence-corrected chi connectivity index (χ3v) is 5.54. The van der Waals surface area contributed by atoms with E-state index in [4.69, 9.17) is 0 Å². The van der Waals surface area contributed by atoms with E-state index < -0.39 is 5.82 Å². The molecular weight excluding hydrogens is 409 g/mol. The number of pyridine rings is 1. The summed E-state index contributed by atoms with van der Waals surface area (Å²) in [6, 6.07) is 10.6. The van der Waals surface area contributed by atoms with Crippen LogP contribution in [0.2, 0.25) is 0 Å². The number of anilines is 1. The lowest BCUT2D eigenvalue weighted by atomic mass is 9.97. The van der Waals surface area contributed by atoms with E-state index in [1.165, 1.54) is 6.07 Å². The first-order chi connectivity index (χ1) is 15.4. The van der Waals surface area contributed by atoms with Crippen molar-refractivity contribution >= 4 is 17.6 Å². The quantitative estimate of drug-likeness (QED) is 0.467. The molecule has 2 aromatic heterocycles. The summed E-state index contributed by atoms with van der Waals surface area (Å²) in [7, 11) is 0. The first kappa shape index (κ1) is 21.4. The van der Waals surface area contributed by atoms with Gasteiger partial charge in [-0.15, -0.1) is 0 Å². The molecule has 1 fully saturated rings. The van der Waals surface area contributed by atoms with Crippen LogP contribution in [0.5, 0.6) is 0 Å². The van der Waals surface area contributed by atoms with Crippen molar-refractivity contribution < 1.29 is 14.0 Å². The topological polar surface area (TPSA) is 99.8 Å². The molecule has 7 nitrogen and oxygen atoms in total. The summed E-state index contributed by atoms with van der Waals surface area (Å²) in [5.41, 5.74) is 3.42. The number of amides is 2. The van der Waals surface area contributed by atoms with Crippen LogP contribution >= 0.6 is 0 Å². The smallest absolute Gasteiger partial charge is 0.243 e. The van der Waals surface area contributed by atoms with Gasteiger partial charge < -0.3 is 10.6 Å². The van der Waals surface area contributed by atoms with Gasteiger partial charge in [-0.3, -0.25) is 19.7 Å². The van der Waals surface area contributed by atoms with E-state index in [1.54, 1.807) is 6.20 Å². The molecule has 8 heteroatoms. The molecule has 3 aromatic rings. The summed E-state index contributed by atoms with van der Waals surface area (Å²) in [4.78, 5) is 28.0. The van der Waals surface area contributed by atoms with E-state index in [1.807, 2.05) is 37.3 Å². The molecule has 1 aliphatic rings. The van der Waals surface area contributed by atoms with Crippen molar-refractivity contribution in [2.45, 2.75) is 38.1 Å². The Morgan fingerprint density at radius 2 is 2.00 bits per heavy atom. The van der Waals surface area contributed by atoms with Gasteiger partial charge in [0.05, 0.1) is 18.2 Å². The Morgan fingerprint density at radius 3 is 2.66 bits per heavy atom. The third-order valence-electron chi connectivity index (χ3n) is 5.54. The standard InChI is InChI=1S/C24H24FN5O2/c1-3-23(31)27-13-21-19(25)10-18(12-26-21)16-6-4-15(5-7-16)14(2)24(32)28-22-11-20(29-30-22)17-8-9-17/h3-7,10-12,14,17H,1,8-9,13H2,2H3,(H,27,31)(H2,28,29,30,32)/t14-/m0/s1. The predicted octanol–water partition coefficient (Wildman–Crippen LogP) is 4.03. The minimum atomic E-state index is -0.506. The van der Waals surface area contributed by atoms with E-state index in [0.29, 0.717) is 17.3 Å². The normalized spacial score (nSPS) is 13.9. The average Bonchev–Trinajstić information content (AvgIpc) is 3.56. The number of aromatic amines is 1. The number of halogens is 1. The van der Waals surface area contributed by atoms with E-state index in [9.17, 15) is 14.0 Å². The van der Waals surface area contributed by atoms with Gasteiger partial charge in [-0.2, -0.15) is 5.10 Å². The zero-order valence-corrected chi connectivity index (χ0v) is 17.7. The molecule has 0 radical (unpaired) electrons. The second-order valence-corrected chi connectivity index (χ2v) is 7.89. The van der Waals surface area contributed by atoms with Crippen molar-refractivity contribution in [3.05, 3.63) is 78.0 Å². The first-order valence-electron chi connectivity index (χ1n) is 10.5. The predicted molar refractivity (Wildman–Crippen MR) is 119 cm³/mol. The number of carbonyl (C=O) groups is 2. The molecule has 164 valence electrons. The van der Waals surface area contributed by atoms with Crippen molar-refractivity contribution in [2.75, 3.05) is 5.32 Å². The van der Waals surface area contributed by atoms with Crippen molar-refractivity contribution in [2.24, 2.45) is 0 Å². The Hall–Kier alpha value is -3.81. The highest BCUT2D eigenvalue weighted by Gasteiger charge is 2.26. The summed E-state index contributed by atoms with van der Waals surface area (Å²) in [6.45, 7) is 5.17. The van der Waals surface area contributed by atoms with Crippen molar-refractivity contribution in [1.82, 2.24) is 20.5 Å². The van der Waals surface area contributed by atoms with Gasteiger partial charge in [0.1, 0.15) is 5.82 Å². The molecule has 3 N–H and O–H groups in total. The molecule has 0 aliphatic heterocycles. The monoisotopic (exact) mass is 433 g/mol. The molecule has 1 aromatic carbocycles. The highest BCUT2D eigenvalue weighted by atomic mass is 19.1. The van der Waals surface area contributed by atoms with Gasteiger partial charge in [0.2, 0.25) is 11.8 Å². The highest BCUT2D eigenvalue weighted by Crippen LogP contribution is 2.39. The average molecular weight is 433 g/mol. The van der Waals surface area contributed by atoms with Gasteiger partial charge in [-0.1, -0.05) is 30.8 Å². The second-order valence-electron chi connectivity index (χ2n) is 7.89. The van der Waals surface area contributed by atoms with E-state index in [0.717, 1.165) is 35.7 Å². The molecule has 1 saturated carbocycles. The van der Waals surface area contributed by atoms with Crippen molar-refractivity contribution in [3.8, 4) is 11.1 Å². The molecule has 2 amide bonds. The van der Waals surface area contributed by atoms with Crippen LogP contribution in [0.1, 0.15) is 48.6 Å². The molecule has 0 spiro atoms. The van der Waals surface area contributed by atoms with Crippen LogP contribution in [0, 0.1) is 5.82 Å². The molecule has 0 saturated heterocycles. The minimum Gasteiger partial charge on any atom is -0.347 e. The summed E-state index contributed by atoms with van der Waals surface area (Å²) >= 11 is 0. The Bertz CT molecular complexity index is 1150. The van der Waals surface area contributed by atoms with Crippen molar-refractivity contribution in [1.29, 1.82) is 0 Å². The van der Waals surface area contributed by atoms with Gasteiger partial charge in [0, 0.05) is 29.4 Å². The Morgan fingerprint density at radius 1 is 1.25 bits per heavy atom. The molecule has 4 rings (SSSR count). The molecule has 1 aliphatic carbocycles. The van der Waals surface area contributed by atoms with E-state index in [2.05, 4.69) is 32.4 Å². The van der Waals surface area contributed by atoms with Crippen LogP contribution in [0.15, 0.2) is 55.3 Å². The number of carbonyl (C=O) groups excluding carboxylic acids is 2. The number of hydrogen-bond acceptors (Lipinski definition) is 4. The highest BCUT2D eigenvalue weighted by molar-refractivity contribution is 5.95. The van der Waals surface area contributed by atoms with E-state index in [-0.39, 0.29) is 30.0 Å². The fraction of sp³-hybridized carbons (Fsp3) is 0.250. The summed E-state index contributed by atoms with van der Waals surface area (Å²) in [6.07, 6.45) is 4.99. The van der Waals surface area contributed by atoms with E-state index >= 15 is 0 Å². The summed E-state index contributed by atoms with van der Waals surface area (Å²) < 4.78 is 14.4. The number of hydrogen-bond donors (Lipinski definition) is 3. The van der Waals surface area contributed by atoms with Gasteiger partial charge in [0.25, 0.3) is 0 Å². The number of nitrogens with one attached hydrogen (secondary N) is 3. The van der Waals surface area contributed by atoms with Crippen LogP contribution in [-0.2, 0) is 16.1 Å². The van der Waals surface area contributed by atoms with Crippen LogP contribution in [-0.4, -0.2) is 27.0 Å². The Kier molecular flexibility index (Phi) is 6.11. The maximum Gasteiger partial charge on any atom is 0.243 e. The number of nitrogens with zero attached hydrogens (tertiary/aromatic N) is 2. The van der Waals surface area contributed by atoms with Crippen molar-refractivity contribution in [3.63, 3.8) is 0 Å². The van der Waals surface area contributed by atoms with Crippen LogP contribution < -0.4 is 10.6 Å². The maximum absolute atomic E-state index is 14.4. The zero-order valence-electron chi connectivity index (χ0n) is 17.7. The molecule has 0 unspecified atom stereocenters. The van der Waals surface area contributed by atoms with Gasteiger partial charge >= 0.3 is 0 Å². The molecular formula is C24H24FN5O2. The largest absolute Gasteiger partial charge is 0.347 e. The summed E-state index contributed by atoms with van der Waals surface area (Å²) in [5.74, 6) is -0.349. The lowest BCUT2D eigenvalue weighted by Crippen LogP contribution is -2.21. The Labute approximate surface area is 185 Å². The summed E-state index contributed by atoms with van der Waals surface area (Å²) in [5, 5.41) is 12.5. The number of H-pyrrole nitrogens is 1. The molecule has 1 atom stereocenters. The minimum absolute atomic E-state index is 0.0132. The van der Waals surface area contributed by atoms with Crippen LogP contribution in [0.3, 0.4) is 0 Å². The molecule has 0 bridgehead atoms. The number of benzene rings is 1. The van der Waals surface area contributed by atoms with Gasteiger partial charge in [-0.05, 0) is 43.0 Å². The molecule has 32 heavy (non-hydrogen) atoms. The van der Waals surface area contributed by atoms with Gasteiger partial charge in [-0.25, -0.2) is 4.39 Å².